The summed E-state index contributed by atoms with van der Waals surface area (Å²) >= 11 is 24.2. The van der Waals surface area contributed by atoms with Crippen molar-refractivity contribution in [3.05, 3.63) is 98.2 Å². The summed E-state index contributed by atoms with van der Waals surface area (Å²) in [7, 11) is 0. The van der Waals surface area contributed by atoms with Gasteiger partial charge in [-0.15, -0.1) is 0 Å². The maximum absolute atomic E-state index is 12.9. The van der Waals surface area contributed by atoms with Gasteiger partial charge in [0.15, 0.2) is 24.1 Å². The third kappa shape index (κ3) is 4.63. The average molecular weight is 493 g/mol. The van der Waals surface area contributed by atoms with Gasteiger partial charge >= 0.3 is 0 Å². The Hall–Kier alpha value is -2.37. The first-order valence-electron chi connectivity index (χ1n) is 9.27. The van der Waals surface area contributed by atoms with Crippen LogP contribution in [0.3, 0.4) is 0 Å². The van der Waals surface area contributed by atoms with Crippen molar-refractivity contribution in [3.63, 3.8) is 0 Å². The van der Waals surface area contributed by atoms with E-state index < -0.39 is 0 Å². The molecule has 8 heteroatoms. The van der Waals surface area contributed by atoms with E-state index in [-0.39, 0.29) is 24.7 Å². The van der Waals surface area contributed by atoms with E-state index in [1.807, 2.05) is 24.3 Å². The number of nitrogens with zero attached hydrogens (tertiary/aromatic N) is 2. The van der Waals surface area contributed by atoms with Crippen molar-refractivity contribution in [2.75, 3.05) is 0 Å². The Labute approximate surface area is 198 Å². The van der Waals surface area contributed by atoms with Gasteiger partial charge in [0.25, 0.3) is 0 Å². The van der Waals surface area contributed by atoms with Crippen LogP contribution in [-0.4, -0.2) is 16.1 Å². The minimum atomic E-state index is -0.165. The molecule has 0 aliphatic rings. The molecular formula is C23H15Cl4N2O2+. The van der Waals surface area contributed by atoms with E-state index in [1.165, 1.54) is 0 Å². The molecule has 0 saturated carbocycles. The predicted molar refractivity (Wildman–Crippen MR) is 124 cm³/mol. The number of benzene rings is 3. The highest BCUT2D eigenvalue weighted by Gasteiger charge is 2.22. The largest absolute Gasteiger partial charge is 0.290 e. The third-order valence-electron chi connectivity index (χ3n) is 4.87. The van der Waals surface area contributed by atoms with Crippen molar-refractivity contribution in [2.45, 2.75) is 13.1 Å². The molecule has 0 unspecified atom stereocenters. The molecule has 0 spiro atoms. The van der Waals surface area contributed by atoms with E-state index in [1.54, 1.807) is 51.9 Å². The summed E-state index contributed by atoms with van der Waals surface area (Å²) in [6, 6.07) is 17.1. The quantitative estimate of drug-likeness (QED) is 0.234. The predicted octanol–water partition coefficient (Wildman–Crippen LogP) is 6.31. The standard InChI is InChI=1S/C23H15Cl4N2O2/c24-14-5-7-16(18(26)9-14)22(30)11-28-13-29(21-4-2-1-3-20(21)28)12-23(31)17-8-6-15(25)10-19(17)27/h1-10,13H,11-12H2/q+1. The molecule has 4 aromatic rings. The number of hydrogen-bond donors (Lipinski definition) is 0. The zero-order valence-corrected chi connectivity index (χ0v) is 19.0. The van der Waals surface area contributed by atoms with Gasteiger partial charge in [0, 0.05) is 21.2 Å². The fourth-order valence-electron chi connectivity index (χ4n) is 3.41. The number of carbonyl (C=O) groups excluding carboxylic acids is 2. The SMILES string of the molecule is O=C(Cn1c[n+](CC(=O)c2ccc(Cl)cc2Cl)c2ccccc21)c1ccc(Cl)cc1Cl. The summed E-state index contributed by atoms with van der Waals surface area (Å²) in [4.78, 5) is 25.7. The fraction of sp³-hybridized carbons (Fsp3) is 0.0870. The maximum atomic E-state index is 12.9. The summed E-state index contributed by atoms with van der Waals surface area (Å²) < 4.78 is 3.58. The molecule has 0 fully saturated rings. The Morgan fingerprint density at radius 1 is 0.774 bits per heavy atom. The smallest absolute Gasteiger partial charge is 0.245 e. The molecule has 4 rings (SSSR count). The van der Waals surface area contributed by atoms with Crippen molar-refractivity contribution in [1.82, 2.24) is 4.57 Å². The van der Waals surface area contributed by atoms with Crippen LogP contribution < -0.4 is 4.57 Å². The summed E-state index contributed by atoms with van der Waals surface area (Å²) in [5, 5.41) is 1.53. The van der Waals surface area contributed by atoms with Crippen molar-refractivity contribution in [1.29, 1.82) is 0 Å². The number of aromatic nitrogens is 2. The number of hydrogen-bond acceptors (Lipinski definition) is 2. The van der Waals surface area contributed by atoms with Gasteiger partial charge in [0.2, 0.25) is 17.9 Å². The normalized spacial score (nSPS) is 11.1. The van der Waals surface area contributed by atoms with Gasteiger partial charge in [0.1, 0.15) is 0 Å². The average Bonchev–Trinajstić information content (AvgIpc) is 3.05. The lowest BCUT2D eigenvalue weighted by molar-refractivity contribution is -0.657. The molecule has 156 valence electrons. The van der Waals surface area contributed by atoms with Crippen molar-refractivity contribution >= 4 is 69.0 Å². The van der Waals surface area contributed by atoms with E-state index >= 15 is 0 Å². The molecule has 0 N–H and O–H groups in total. The molecule has 1 aromatic heterocycles. The maximum Gasteiger partial charge on any atom is 0.245 e. The lowest BCUT2D eigenvalue weighted by Gasteiger charge is -2.03. The molecule has 0 aliphatic heterocycles. The first kappa shape index (κ1) is 21.8. The Kier molecular flexibility index (Phi) is 6.35. The van der Waals surface area contributed by atoms with Crippen LogP contribution in [0.4, 0.5) is 0 Å². The molecule has 0 amide bonds. The summed E-state index contributed by atoms with van der Waals surface area (Å²) in [5.74, 6) is -0.330. The molecule has 0 bridgehead atoms. The van der Waals surface area contributed by atoms with Crippen LogP contribution in [0.2, 0.25) is 20.1 Å². The van der Waals surface area contributed by atoms with Crippen LogP contribution in [0.15, 0.2) is 67.0 Å². The van der Waals surface area contributed by atoms with Gasteiger partial charge in [-0.2, -0.15) is 0 Å². The van der Waals surface area contributed by atoms with Crippen molar-refractivity contribution in [2.24, 2.45) is 0 Å². The second-order valence-corrected chi connectivity index (χ2v) is 8.64. The number of halogens is 4. The van der Waals surface area contributed by atoms with Crippen molar-refractivity contribution in [3.8, 4) is 0 Å². The highest BCUT2D eigenvalue weighted by Crippen LogP contribution is 2.23. The first-order chi connectivity index (χ1) is 14.8. The van der Waals surface area contributed by atoms with E-state index in [9.17, 15) is 9.59 Å². The van der Waals surface area contributed by atoms with Crippen LogP contribution in [0.5, 0.6) is 0 Å². The fourth-order valence-corrected chi connectivity index (χ4v) is 4.43. The van der Waals surface area contributed by atoms with E-state index in [0.29, 0.717) is 31.2 Å². The monoisotopic (exact) mass is 491 g/mol. The molecule has 31 heavy (non-hydrogen) atoms. The number of imidazole rings is 1. The molecule has 0 atom stereocenters. The minimum Gasteiger partial charge on any atom is -0.290 e. The lowest BCUT2D eigenvalue weighted by Crippen LogP contribution is -2.37. The van der Waals surface area contributed by atoms with E-state index in [4.69, 9.17) is 46.4 Å². The lowest BCUT2D eigenvalue weighted by atomic mass is 10.1. The van der Waals surface area contributed by atoms with Gasteiger partial charge in [0.05, 0.1) is 10.0 Å². The van der Waals surface area contributed by atoms with Crippen LogP contribution in [0.25, 0.3) is 11.0 Å². The Balaban J connectivity index is 1.66. The van der Waals surface area contributed by atoms with Crippen LogP contribution in [0.1, 0.15) is 20.7 Å². The summed E-state index contributed by atoms with van der Waals surface area (Å²) in [5.41, 5.74) is 2.41. The molecule has 0 radical (unpaired) electrons. The zero-order chi connectivity index (χ0) is 22.1. The van der Waals surface area contributed by atoms with Gasteiger partial charge in [-0.1, -0.05) is 58.5 Å². The summed E-state index contributed by atoms with van der Waals surface area (Å²) in [6.45, 7) is 0.121. The topological polar surface area (TPSA) is 43.0 Å². The molecular weight excluding hydrogens is 478 g/mol. The molecule has 0 saturated heterocycles. The first-order valence-corrected chi connectivity index (χ1v) is 10.8. The molecule has 1 heterocycles. The highest BCUT2D eigenvalue weighted by atomic mass is 35.5. The molecule has 4 nitrogen and oxygen atoms in total. The number of para-hydroxylation sites is 2. The van der Waals surface area contributed by atoms with Gasteiger partial charge < -0.3 is 0 Å². The zero-order valence-electron chi connectivity index (χ0n) is 16.0. The van der Waals surface area contributed by atoms with Gasteiger partial charge in [-0.3, -0.25) is 9.59 Å². The number of fused-ring (bicyclic) bond motifs is 1. The van der Waals surface area contributed by atoms with Crippen molar-refractivity contribution < 1.29 is 14.2 Å². The van der Waals surface area contributed by atoms with E-state index in [2.05, 4.69) is 0 Å². The van der Waals surface area contributed by atoms with Crippen LogP contribution >= 0.6 is 46.4 Å². The van der Waals surface area contributed by atoms with Gasteiger partial charge in [-0.05, 0) is 48.5 Å². The van der Waals surface area contributed by atoms with Crippen LogP contribution in [-0.2, 0) is 13.1 Å². The Morgan fingerprint density at radius 2 is 1.35 bits per heavy atom. The van der Waals surface area contributed by atoms with Crippen LogP contribution in [0, 0.1) is 0 Å². The second kappa shape index (κ2) is 9.01. The highest BCUT2D eigenvalue weighted by molar-refractivity contribution is 6.37. The third-order valence-corrected chi connectivity index (χ3v) is 5.97. The summed E-state index contributed by atoms with van der Waals surface area (Å²) in [6.07, 6.45) is 1.74. The number of rotatable bonds is 6. The molecule has 3 aromatic carbocycles. The molecule has 0 aliphatic carbocycles. The number of ketones is 2. The Morgan fingerprint density at radius 3 is 1.97 bits per heavy atom. The van der Waals surface area contributed by atoms with Gasteiger partial charge in [-0.25, -0.2) is 9.13 Å². The minimum absolute atomic E-state index is 0.0603. The second-order valence-electron chi connectivity index (χ2n) is 6.95. The number of carbonyl (C=O) groups is 2. The number of Topliss-reactive ketones (excluding diaryl/α,β-unsaturated/α-hetero) is 2. The Bertz CT molecular complexity index is 1230. The van der Waals surface area contributed by atoms with E-state index in [0.717, 1.165) is 11.0 Å².